The Bertz CT molecular complexity index is 519. The van der Waals surface area contributed by atoms with E-state index in [9.17, 15) is 14.4 Å². The van der Waals surface area contributed by atoms with Gasteiger partial charge in [-0.1, -0.05) is 6.08 Å². The zero-order valence-corrected chi connectivity index (χ0v) is 13.6. The molecule has 2 aliphatic heterocycles. The van der Waals surface area contributed by atoms with Crippen LogP contribution in [0, 0.1) is 0 Å². The molecule has 0 radical (unpaired) electrons. The fraction of sp³-hybridized carbons (Fsp3) is 0.688. The van der Waals surface area contributed by atoms with Crippen molar-refractivity contribution in [3.63, 3.8) is 0 Å². The van der Waals surface area contributed by atoms with Gasteiger partial charge in [-0.25, -0.2) is 4.79 Å². The van der Waals surface area contributed by atoms with Crippen molar-refractivity contribution in [3.05, 3.63) is 11.8 Å². The van der Waals surface area contributed by atoms with Crippen molar-refractivity contribution in [2.45, 2.75) is 71.1 Å². The van der Waals surface area contributed by atoms with E-state index in [1.54, 1.807) is 11.0 Å². The van der Waals surface area contributed by atoms with E-state index in [-0.39, 0.29) is 29.5 Å². The minimum absolute atomic E-state index is 0.0347. The van der Waals surface area contributed by atoms with Crippen LogP contribution in [-0.2, 0) is 19.1 Å². The molecule has 6 heteroatoms. The molecule has 2 heterocycles. The van der Waals surface area contributed by atoms with E-state index in [1.165, 1.54) is 6.92 Å². The van der Waals surface area contributed by atoms with Crippen LogP contribution in [-0.4, -0.2) is 40.4 Å². The summed E-state index contributed by atoms with van der Waals surface area (Å²) >= 11 is 0. The largest absolute Gasteiger partial charge is 0.458 e. The number of amides is 2. The van der Waals surface area contributed by atoms with Gasteiger partial charge in [0.25, 0.3) is 5.91 Å². The van der Waals surface area contributed by atoms with Crippen molar-refractivity contribution in [1.82, 2.24) is 10.2 Å². The predicted octanol–water partition coefficient (Wildman–Crippen LogP) is 1.50. The molecule has 22 heavy (non-hydrogen) atoms. The Hall–Kier alpha value is -1.85. The lowest BCUT2D eigenvalue weighted by Crippen LogP contribution is -2.48. The fourth-order valence-corrected chi connectivity index (χ4v) is 3.02. The summed E-state index contributed by atoms with van der Waals surface area (Å²) in [6.07, 6.45) is 4.65. The van der Waals surface area contributed by atoms with Crippen molar-refractivity contribution in [2.24, 2.45) is 0 Å². The molecule has 1 N–H and O–H groups in total. The number of carbonyl (C=O) groups is 3. The Labute approximate surface area is 130 Å². The number of allylic oxidation sites excluding steroid dienone is 1. The van der Waals surface area contributed by atoms with Gasteiger partial charge in [0.2, 0.25) is 5.91 Å². The lowest BCUT2D eigenvalue weighted by molar-refractivity contribution is -0.163. The van der Waals surface area contributed by atoms with Crippen LogP contribution in [0.2, 0.25) is 0 Å². The first-order valence-corrected chi connectivity index (χ1v) is 7.72. The van der Waals surface area contributed by atoms with Gasteiger partial charge < -0.3 is 15.0 Å². The third-order valence-electron chi connectivity index (χ3n) is 3.81. The third kappa shape index (κ3) is 3.67. The molecular weight excluding hydrogens is 284 g/mol. The van der Waals surface area contributed by atoms with Crippen LogP contribution >= 0.6 is 0 Å². The van der Waals surface area contributed by atoms with Gasteiger partial charge in [0, 0.05) is 13.0 Å². The number of nitrogens with one attached hydrogen (secondary N) is 1. The summed E-state index contributed by atoms with van der Waals surface area (Å²) in [5, 5.41) is 2.57. The van der Waals surface area contributed by atoms with Gasteiger partial charge in [-0.2, -0.15) is 0 Å². The monoisotopic (exact) mass is 308 g/mol. The molecule has 0 spiro atoms. The van der Waals surface area contributed by atoms with E-state index in [0.717, 1.165) is 12.8 Å². The minimum Gasteiger partial charge on any atom is -0.458 e. The molecule has 0 aromatic rings. The minimum atomic E-state index is -0.583. The van der Waals surface area contributed by atoms with Crippen LogP contribution < -0.4 is 5.32 Å². The van der Waals surface area contributed by atoms with E-state index in [2.05, 4.69) is 5.32 Å². The topological polar surface area (TPSA) is 75.7 Å². The van der Waals surface area contributed by atoms with E-state index in [1.807, 2.05) is 20.8 Å². The van der Waals surface area contributed by atoms with Crippen molar-refractivity contribution in [1.29, 1.82) is 0 Å². The third-order valence-corrected chi connectivity index (χ3v) is 3.81. The normalized spacial score (nSPS) is 25.2. The molecule has 2 rings (SSSR count). The van der Waals surface area contributed by atoms with Crippen LogP contribution in [0.1, 0.15) is 53.4 Å². The summed E-state index contributed by atoms with van der Waals surface area (Å²) in [5.41, 5.74) is -0.314. The Morgan fingerprint density at radius 3 is 2.55 bits per heavy atom. The lowest BCUT2D eigenvalue weighted by Gasteiger charge is -2.30. The van der Waals surface area contributed by atoms with Crippen LogP contribution in [0.15, 0.2) is 11.8 Å². The quantitative estimate of drug-likeness (QED) is 0.784. The SMILES string of the molecule is CC(=O)NC1=CCC[C@H]2CC[C@@H](C(=O)OC(C)(C)C)N2C1=O. The maximum Gasteiger partial charge on any atom is 0.329 e. The van der Waals surface area contributed by atoms with Gasteiger partial charge in [0.05, 0.1) is 0 Å². The maximum absolute atomic E-state index is 12.7. The van der Waals surface area contributed by atoms with Gasteiger partial charge in [-0.15, -0.1) is 0 Å². The van der Waals surface area contributed by atoms with E-state index < -0.39 is 11.6 Å². The number of rotatable bonds is 2. The predicted molar refractivity (Wildman–Crippen MR) is 80.6 cm³/mol. The molecule has 1 saturated heterocycles. The molecule has 6 nitrogen and oxygen atoms in total. The van der Waals surface area contributed by atoms with Crippen molar-refractivity contribution in [2.75, 3.05) is 0 Å². The molecule has 2 amide bonds. The molecule has 0 aromatic carbocycles. The highest BCUT2D eigenvalue weighted by molar-refractivity contribution is 5.99. The van der Waals surface area contributed by atoms with Crippen molar-refractivity contribution in [3.8, 4) is 0 Å². The number of fused-ring (bicyclic) bond motifs is 1. The first-order chi connectivity index (χ1) is 10.2. The van der Waals surface area contributed by atoms with Crippen molar-refractivity contribution >= 4 is 17.8 Å². The molecule has 0 aromatic heterocycles. The number of ether oxygens (including phenoxy) is 1. The summed E-state index contributed by atoms with van der Waals surface area (Å²) < 4.78 is 5.44. The summed E-state index contributed by atoms with van der Waals surface area (Å²) in [7, 11) is 0. The van der Waals surface area contributed by atoms with E-state index in [0.29, 0.717) is 12.8 Å². The summed E-state index contributed by atoms with van der Waals surface area (Å²) in [6, 6.07) is -0.528. The molecule has 2 aliphatic rings. The second-order valence-corrected chi connectivity index (χ2v) is 6.87. The van der Waals surface area contributed by atoms with Crippen molar-refractivity contribution < 1.29 is 19.1 Å². The molecule has 2 atom stereocenters. The second-order valence-electron chi connectivity index (χ2n) is 6.87. The molecular formula is C16H24N2O4. The Kier molecular flexibility index (Phi) is 4.58. The molecule has 0 aliphatic carbocycles. The molecule has 122 valence electrons. The highest BCUT2D eigenvalue weighted by Crippen LogP contribution is 2.32. The zero-order valence-electron chi connectivity index (χ0n) is 13.6. The zero-order chi connectivity index (χ0) is 16.5. The number of esters is 1. The second kappa shape index (κ2) is 6.10. The Morgan fingerprint density at radius 2 is 1.95 bits per heavy atom. The maximum atomic E-state index is 12.7. The number of nitrogens with zero attached hydrogens (tertiary/aromatic N) is 1. The van der Waals surface area contributed by atoms with Crippen LogP contribution in [0.3, 0.4) is 0 Å². The number of hydrogen-bond donors (Lipinski definition) is 1. The lowest BCUT2D eigenvalue weighted by atomic mass is 10.1. The summed E-state index contributed by atoms with van der Waals surface area (Å²) in [6.45, 7) is 6.80. The Morgan fingerprint density at radius 1 is 1.27 bits per heavy atom. The van der Waals surface area contributed by atoms with E-state index in [4.69, 9.17) is 4.74 Å². The highest BCUT2D eigenvalue weighted by atomic mass is 16.6. The van der Waals surface area contributed by atoms with Gasteiger partial charge >= 0.3 is 5.97 Å². The van der Waals surface area contributed by atoms with E-state index >= 15 is 0 Å². The van der Waals surface area contributed by atoms with Crippen LogP contribution in [0.4, 0.5) is 0 Å². The number of hydrogen-bond acceptors (Lipinski definition) is 4. The molecule has 0 bridgehead atoms. The molecule has 0 saturated carbocycles. The fourth-order valence-electron chi connectivity index (χ4n) is 3.02. The summed E-state index contributed by atoms with van der Waals surface area (Å²) in [5.74, 6) is -0.940. The first-order valence-electron chi connectivity index (χ1n) is 7.72. The first kappa shape index (κ1) is 16.5. The van der Waals surface area contributed by atoms with Gasteiger partial charge in [0.15, 0.2) is 0 Å². The molecule has 1 fully saturated rings. The van der Waals surface area contributed by atoms with Gasteiger partial charge in [-0.05, 0) is 46.5 Å². The van der Waals surface area contributed by atoms with Crippen LogP contribution in [0.5, 0.6) is 0 Å². The average molecular weight is 308 g/mol. The Balaban J connectivity index is 2.19. The molecule has 0 unspecified atom stereocenters. The van der Waals surface area contributed by atoms with Gasteiger partial charge in [-0.3, -0.25) is 9.59 Å². The standard InChI is InChI=1S/C16H24N2O4/c1-10(19)17-12-7-5-6-11-8-9-13(18(11)14(12)20)15(21)22-16(2,3)4/h7,11,13H,5-6,8-9H2,1-4H3,(H,17,19)/t11-,13-/m0/s1. The van der Waals surface area contributed by atoms with Gasteiger partial charge in [0.1, 0.15) is 17.3 Å². The van der Waals surface area contributed by atoms with Crippen LogP contribution in [0.25, 0.3) is 0 Å². The highest BCUT2D eigenvalue weighted by Gasteiger charge is 2.44. The summed E-state index contributed by atoms with van der Waals surface area (Å²) in [4.78, 5) is 37.9. The number of carbonyl (C=O) groups excluding carboxylic acids is 3. The smallest absolute Gasteiger partial charge is 0.329 e. The average Bonchev–Trinajstić information content (AvgIpc) is 2.72.